The molecule has 5 heteroatoms. The van der Waals surface area contributed by atoms with Crippen molar-refractivity contribution < 1.29 is 9.90 Å². The van der Waals surface area contributed by atoms with Gasteiger partial charge in [0.05, 0.1) is 0 Å². The molecule has 1 aliphatic heterocycles. The van der Waals surface area contributed by atoms with Crippen molar-refractivity contribution in [3.8, 4) is 0 Å². The number of carbonyl (C=O) groups is 1. The van der Waals surface area contributed by atoms with Crippen molar-refractivity contribution in [1.29, 1.82) is 0 Å². The van der Waals surface area contributed by atoms with Crippen LogP contribution in [-0.2, 0) is 4.79 Å². The molecule has 0 bridgehead atoms. The third-order valence-electron chi connectivity index (χ3n) is 3.58. The van der Waals surface area contributed by atoms with Gasteiger partial charge in [0.2, 0.25) is 5.91 Å². The van der Waals surface area contributed by atoms with Crippen LogP contribution in [0.2, 0.25) is 10.0 Å². The first-order chi connectivity index (χ1) is 9.61. The third-order valence-corrected chi connectivity index (χ3v) is 4.24. The molecule has 1 amide bonds. The molecule has 1 heterocycles. The van der Waals surface area contributed by atoms with Gasteiger partial charge in [-0.25, -0.2) is 0 Å². The molecule has 1 aliphatic rings. The smallest absolute Gasteiger partial charge is 0.246 e. The minimum Gasteiger partial charge on any atom is -0.396 e. The summed E-state index contributed by atoms with van der Waals surface area (Å²) in [6.45, 7) is 1.57. The van der Waals surface area contributed by atoms with Crippen molar-refractivity contribution in [2.75, 3.05) is 19.7 Å². The summed E-state index contributed by atoms with van der Waals surface area (Å²) in [6, 6.07) is 5.25. The summed E-state index contributed by atoms with van der Waals surface area (Å²) in [5, 5.41) is 10.1. The Labute approximate surface area is 128 Å². The maximum Gasteiger partial charge on any atom is 0.246 e. The maximum absolute atomic E-state index is 12.1. The zero-order valence-electron chi connectivity index (χ0n) is 11.1. The van der Waals surface area contributed by atoms with E-state index in [1.165, 1.54) is 6.08 Å². The molecular formula is C15H17Cl2NO2. The summed E-state index contributed by atoms with van der Waals surface area (Å²) in [6.07, 6.45) is 4.86. The SMILES string of the molecule is O=C(/C=C/c1c(Cl)cccc1Cl)N1CCC(CO)CC1. The van der Waals surface area contributed by atoms with E-state index in [9.17, 15) is 4.79 Å². The van der Waals surface area contributed by atoms with Gasteiger partial charge in [-0.15, -0.1) is 0 Å². The van der Waals surface area contributed by atoms with Crippen LogP contribution in [-0.4, -0.2) is 35.6 Å². The van der Waals surface area contributed by atoms with Crippen molar-refractivity contribution in [2.45, 2.75) is 12.8 Å². The van der Waals surface area contributed by atoms with Crippen molar-refractivity contribution in [2.24, 2.45) is 5.92 Å². The number of amides is 1. The van der Waals surface area contributed by atoms with Crippen molar-refractivity contribution in [1.82, 2.24) is 4.90 Å². The van der Waals surface area contributed by atoms with E-state index in [-0.39, 0.29) is 12.5 Å². The predicted octanol–water partition coefficient (Wildman–Crippen LogP) is 3.24. The molecule has 0 saturated carbocycles. The fourth-order valence-corrected chi connectivity index (χ4v) is 2.79. The van der Waals surface area contributed by atoms with E-state index in [4.69, 9.17) is 28.3 Å². The normalized spacial score (nSPS) is 16.9. The highest BCUT2D eigenvalue weighted by Gasteiger charge is 2.20. The van der Waals surface area contributed by atoms with E-state index >= 15 is 0 Å². The van der Waals surface area contributed by atoms with Crippen molar-refractivity contribution in [3.63, 3.8) is 0 Å². The lowest BCUT2D eigenvalue weighted by atomic mass is 9.98. The van der Waals surface area contributed by atoms with E-state index in [0.29, 0.717) is 34.6 Å². The van der Waals surface area contributed by atoms with Crippen molar-refractivity contribution in [3.05, 3.63) is 39.9 Å². The summed E-state index contributed by atoms with van der Waals surface area (Å²) >= 11 is 12.1. The highest BCUT2D eigenvalue weighted by atomic mass is 35.5. The van der Waals surface area contributed by atoms with Gasteiger partial charge in [0.15, 0.2) is 0 Å². The molecule has 2 rings (SSSR count). The Morgan fingerprint density at radius 1 is 1.30 bits per heavy atom. The summed E-state index contributed by atoms with van der Waals surface area (Å²) in [5.74, 6) is 0.276. The molecule has 1 fully saturated rings. The van der Waals surface area contributed by atoms with Gasteiger partial charge in [0.25, 0.3) is 0 Å². The number of carbonyl (C=O) groups excluding carboxylic acids is 1. The quantitative estimate of drug-likeness (QED) is 0.870. The number of nitrogens with zero attached hydrogens (tertiary/aromatic N) is 1. The van der Waals surface area contributed by atoms with Gasteiger partial charge in [0, 0.05) is 41.4 Å². The molecule has 1 aromatic carbocycles. The van der Waals surface area contributed by atoms with Gasteiger partial charge in [-0.2, -0.15) is 0 Å². The number of halogens is 2. The number of likely N-dealkylation sites (tertiary alicyclic amines) is 1. The Hall–Kier alpha value is -1.03. The Morgan fingerprint density at radius 2 is 1.90 bits per heavy atom. The second kappa shape index (κ2) is 7.11. The second-order valence-electron chi connectivity index (χ2n) is 4.92. The van der Waals surface area contributed by atoms with Gasteiger partial charge in [0.1, 0.15) is 0 Å². The van der Waals surface area contributed by atoms with Crippen LogP contribution in [0.25, 0.3) is 6.08 Å². The lowest BCUT2D eigenvalue weighted by molar-refractivity contribution is -0.127. The molecule has 1 aromatic rings. The first-order valence-electron chi connectivity index (χ1n) is 6.63. The van der Waals surface area contributed by atoms with Crippen LogP contribution in [0.4, 0.5) is 0 Å². The minimum atomic E-state index is -0.0441. The van der Waals surface area contributed by atoms with E-state index in [2.05, 4.69) is 0 Å². The van der Waals surface area contributed by atoms with Gasteiger partial charge in [-0.3, -0.25) is 4.79 Å². The van der Waals surface area contributed by atoms with Crippen LogP contribution in [0, 0.1) is 5.92 Å². The van der Waals surface area contributed by atoms with Gasteiger partial charge >= 0.3 is 0 Å². The van der Waals surface area contributed by atoms with Crippen LogP contribution in [0.15, 0.2) is 24.3 Å². The molecule has 3 nitrogen and oxygen atoms in total. The lowest BCUT2D eigenvalue weighted by Gasteiger charge is -2.30. The fourth-order valence-electron chi connectivity index (χ4n) is 2.27. The van der Waals surface area contributed by atoms with E-state index in [1.54, 1.807) is 29.2 Å². The molecule has 0 aromatic heterocycles. The molecule has 1 N–H and O–H groups in total. The molecule has 0 unspecified atom stereocenters. The standard InChI is InChI=1S/C15H17Cl2NO2/c16-13-2-1-3-14(17)12(13)4-5-15(20)18-8-6-11(10-19)7-9-18/h1-5,11,19H,6-10H2/b5-4+. The van der Waals surface area contributed by atoms with Crippen LogP contribution in [0.5, 0.6) is 0 Å². The minimum absolute atomic E-state index is 0.0441. The van der Waals surface area contributed by atoms with Crippen LogP contribution >= 0.6 is 23.2 Å². The first-order valence-corrected chi connectivity index (χ1v) is 7.39. The molecule has 0 spiro atoms. The monoisotopic (exact) mass is 313 g/mol. The number of aliphatic hydroxyl groups excluding tert-OH is 1. The number of piperidine rings is 1. The Kier molecular flexibility index (Phi) is 5.46. The van der Waals surface area contributed by atoms with Gasteiger partial charge in [-0.1, -0.05) is 29.3 Å². The molecule has 108 valence electrons. The third kappa shape index (κ3) is 3.75. The number of rotatable bonds is 3. The van der Waals surface area contributed by atoms with Crippen LogP contribution in [0.3, 0.4) is 0 Å². The largest absolute Gasteiger partial charge is 0.396 e. The average Bonchev–Trinajstić information content (AvgIpc) is 2.46. The summed E-state index contributed by atoms with van der Waals surface area (Å²) in [4.78, 5) is 13.9. The topological polar surface area (TPSA) is 40.5 Å². The number of aliphatic hydroxyl groups is 1. The molecule has 20 heavy (non-hydrogen) atoms. The Morgan fingerprint density at radius 3 is 2.45 bits per heavy atom. The van der Waals surface area contributed by atoms with Gasteiger partial charge < -0.3 is 10.0 Å². The van der Waals surface area contributed by atoms with E-state index < -0.39 is 0 Å². The molecule has 1 saturated heterocycles. The second-order valence-corrected chi connectivity index (χ2v) is 5.73. The number of hydrogen-bond donors (Lipinski definition) is 1. The highest BCUT2D eigenvalue weighted by molar-refractivity contribution is 6.37. The number of hydrogen-bond acceptors (Lipinski definition) is 2. The fraction of sp³-hybridized carbons (Fsp3) is 0.400. The Balaban J connectivity index is 2.00. The zero-order chi connectivity index (χ0) is 14.5. The lowest BCUT2D eigenvalue weighted by Crippen LogP contribution is -2.38. The molecule has 0 radical (unpaired) electrons. The first kappa shape index (κ1) is 15.4. The Bertz CT molecular complexity index is 488. The molecule has 0 atom stereocenters. The van der Waals surface area contributed by atoms with Crippen LogP contribution < -0.4 is 0 Å². The predicted molar refractivity (Wildman–Crippen MR) is 81.9 cm³/mol. The summed E-state index contributed by atoms with van der Waals surface area (Å²) in [7, 11) is 0. The molecule has 0 aliphatic carbocycles. The van der Waals surface area contributed by atoms with Crippen LogP contribution in [0.1, 0.15) is 18.4 Å². The summed E-state index contributed by atoms with van der Waals surface area (Å²) < 4.78 is 0. The molecular weight excluding hydrogens is 297 g/mol. The van der Waals surface area contributed by atoms with Gasteiger partial charge in [-0.05, 0) is 37.0 Å². The maximum atomic E-state index is 12.1. The average molecular weight is 314 g/mol. The van der Waals surface area contributed by atoms with E-state index in [1.807, 2.05) is 0 Å². The highest BCUT2D eigenvalue weighted by Crippen LogP contribution is 2.25. The van der Waals surface area contributed by atoms with Crippen molar-refractivity contribution >= 4 is 35.2 Å². The summed E-state index contributed by atoms with van der Waals surface area (Å²) in [5.41, 5.74) is 0.662. The zero-order valence-corrected chi connectivity index (χ0v) is 12.6. The number of benzene rings is 1. The van der Waals surface area contributed by atoms with E-state index in [0.717, 1.165) is 12.8 Å².